The molecule has 8 heteroatoms. The van der Waals surface area contributed by atoms with E-state index in [2.05, 4.69) is 5.32 Å². The average molecular weight is 346 g/mol. The molecule has 1 saturated heterocycles. The number of aryl methyl sites for hydroxylation is 1. The summed E-state index contributed by atoms with van der Waals surface area (Å²) in [6.07, 6.45) is 1.84. The summed E-state index contributed by atoms with van der Waals surface area (Å²) in [5.74, 6) is 0. The molecule has 22 heavy (non-hydrogen) atoms. The summed E-state index contributed by atoms with van der Waals surface area (Å²) in [5, 5.41) is 3.14. The molecule has 1 N–H and O–H groups in total. The summed E-state index contributed by atoms with van der Waals surface area (Å²) >= 11 is 0. The number of benzene rings is 1. The molecule has 0 amide bonds. The van der Waals surface area contributed by atoms with E-state index in [0.29, 0.717) is 12.1 Å². The van der Waals surface area contributed by atoms with E-state index in [-0.39, 0.29) is 21.4 Å². The van der Waals surface area contributed by atoms with Crippen molar-refractivity contribution in [2.45, 2.75) is 36.1 Å². The molecule has 6 nitrogen and oxygen atoms in total. The topological polar surface area (TPSA) is 83.5 Å². The molecular weight excluding hydrogens is 324 g/mol. The van der Waals surface area contributed by atoms with Gasteiger partial charge in [0.25, 0.3) is 0 Å². The van der Waals surface area contributed by atoms with Crippen molar-refractivity contribution in [3.8, 4) is 0 Å². The molecule has 124 valence electrons. The SMILES string of the molecule is Cc1cc(S(C)(=O)=O)c(C)c(S(=O)(=O)N(C)C2CCNC2)c1. The lowest BCUT2D eigenvalue weighted by molar-refractivity contribution is 0.387. The van der Waals surface area contributed by atoms with Crippen LogP contribution in [0.5, 0.6) is 0 Å². The number of hydrogen-bond acceptors (Lipinski definition) is 5. The molecule has 1 heterocycles. The zero-order chi connectivity index (χ0) is 16.7. The van der Waals surface area contributed by atoms with Crippen molar-refractivity contribution >= 4 is 19.9 Å². The second-order valence-electron chi connectivity index (χ2n) is 5.83. The predicted molar refractivity (Wildman–Crippen MR) is 85.2 cm³/mol. The highest BCUT2D eigenvalue weighted by Crippen LogP contribution is 2.28. The standard InChI is InChI=1S/C14H22N2O4S2/c1-10-7-13(21(4,17)18)11(2)14(8-10)22(19,20)16(3)12-5-6-15-9-12/h7-8,12,15H,5-6,9H2,1-4H3. The fraction of sp³-hybridized carbons (Fsp3) is 0.571. The lowest BCUT2D eigenvalue weighted by atomic mass is 10.2. The Morgan fingerprint density at radius 2 is 1.73 bits per heavy atom. The van der Waals surface area contributed by atoms with Gasteiger partial charge in [0.2, 0.25) is 10.0 Å². The summed E-state index contributed by atoms with van der Waals surface area (Å²) in [6.45, 7) is 4.64. The molecule has 0 spiro atoms. The molecule has 1 aromatic carbocycles. The van der Waals surface area contributed by atoms with Gasteiger partial charge in [-0.1, -0.05) is 0 Å². The second-order valence-corrected chi connectivity index (χ2v) is 9.78. The van der Waals surface area contributed by atoms with Gasteiger partial charge < -0.3 is 5.32 Å². The molecular formula is C14H22N2O4S2. The third-order valence-corrected chi connectivity index (χ3v) is 7.32. The van der Waals surface area contributed by atoms with Crippen molar-refractivity contribution in [3.63, 3.8) is 0 Å². The van der Waals surface area contributed by atoms with E-state index >= 15 is 0 Å². The Bertz CT molecular complexity index is 779. The lowest BCUT2D eigenvalue weighted by Gasteiger charge is -2.24. The fourth-order valence-corrected chi connectivity index (χ4v) is 5.59. The van der Waals surface area contributed by atoms with Gasteiger partial charge >= 0.3 is 0 Å². The van der Waals surface area contributed by atoms with Crippen molar-refractivity contribution < 1.29 is 16.8 Å². The molecule has 1 fully saturated rings. The Kier molecular flexibility index (Phi) is 4.68. The van der Waals surface area contributed by atoms with E-state index in [9.17, 15) is 16.8 Å². The van der Waals surface area contributed by atoms with E-state index in [0.717, 1.165) is 19.2 Å². The summed E-state index contributed by atoms with van der Waals surface area (Å²) < 4.78 is 50.9. The molecule has 0 saturated carbocycles. The van der Waals surface area contributed by atoms with Gasteiger partial charge in [0.15, 0.2) is 9.84 Å². The molecule has 0 bridgehead atoms. The number of nitrogens with zero attached hydrogens (tertiary/aromatic N) is 1. The molecule has 1 atom stereocenters. The molecule has 2 rings (SSSR count). The number of hydrogen-bond donors (Lipinski definition) is 1. The van der Waals surface area contributed by atoms with Crippen molar-refractivity contribution in [1.82, 2.24) is 9.62 Å². The van der Waals surface area contributed by atoms with Crippen molar-refractivity contribution in [2.24, 2.45) is 0 Å². The van der Waals surface area contributed by atoms with Gasteiger partial charge in [-0.25, -0.2) is 16.8 Å². The molecule has 0 radical (unpaired) electrons. The highest BCUT2D eigenvalue weighted by Gasteiger charge is 2.32. The molecule has 0 aromatic heterocycles. The van der Waals surface area contributed by atoms with Gasteiger partial charge in [-0.15, -0.1) is 0 Å². The monoisotopic (exact) mass is 346 g/mol. The van der Waals surface area contributed by atoms with Crippen LogP contribution in [0.1, 0.15) is 17.5 Å². The Hall–Kier alpha value is -0.960. The van der Waals surface area contributed by atoms with Crippen molar-refractivity contribution in [2.75, 3.05) is 26.4 Å². The first kappa shape index (κ1) is 17.4. The van der Waals surface area contributed by atoms with Crippen LogP contribution < -0.4 is 5.32 Å². The van der Waals surface area contributed by atoms with Gasteiger partial charge in [-0.05, 0) is 50.1 Å². The van der Waals surface area contributed by atoms with Crippen LogP contribution in [0.3, 0.4) is 0 Å². The third kappa shape index (κ3) is 3.19. The minimum atomic E-state index is -3.73. The van der Waals surface area contributed by atoms with E-state index in [1.54, 1.807) is 20.9 Å². The van der Waals surface area contributed by atoms with Gasteiger partial charge in [0.05, 0.1) is 9.79 Å². The first-order valence-electron chi connectivity index (χ1n) is 7.05. The zero-order valence-electron chi connectivity index (χ0n) is 13.3. The van der Waals surface area contributed by atoms with Crippen LogP contribution in [0.15, 0.2) is 21.9 Å². The highest BCUT2D eigenvalue weighted by atomic mass is 32.2. The molecule has 1 aliphatic rings. The summed E-state index contributed by atoms with van der Waals surface area (Å²) in [7, 11) is -5.66. The maximum absolute atomic E-state index is 12.9. The van der Waals surface area contributed by atoms with Crippen LogP contribution in [0.25, 0.3) is 0 Å². The van der Waals surface area contributed by atoms with E-state index < -0.39 is 19.9 Å². The minimum absolute atomic E-state index is 0.0716. The largest absolute Gasteiger partial charge is 0.315 e. The zero-order valence-corrected chi connectivity index (χ0v) is 14.9. The van der Waals surface area contributed by atoms with Crippen LogP contribution in [-0.4, -0.2) is 53.6 Å². The average Bonchev–Trinajstić information content (AvgIpc) is 2.92. The van der Waals surface area contributed by atoms with Crippen LogP contribution in [0, 0.1) is 13.8 Å². The fourth-order valence-electron chi connectivity index (χ4n) is 2.75. The Balaban J connectivity index is 2.58. The van der Waals surface area contributed by atoms with Gasteiger partial charge in [0, 0.05) is 25.9 Å². The van der Waals surface area contributed by atoms with Crippen LogP contribution >= 0.6 is 0 Å². The summed E-state index contributed by atoms with van der Waals surface area (Å²) in [6, 6.07) is 2.95. The molecule has 1 unspecified atom stereocenters. The number of likely N-dealkylation sites (N-methyl/N-ethyl adjacent to an activating group) is 1. The molecule has 1 aliphatic heterocycles. The Morgan fingerprint density at radius 1 is 1.14 bits per heavy atom. The Labute approximate surface area is 132 Å². The van der Waals surface area contributed by atoms with Crippen molar-refractivity contribution in [3.05, 3.63) is 23.3 Å². The summed E-state index contributed by atoms with van der Waals surface area (Å²) in [4.78, 5) is 0.145. The lowest BCUT2D eigenvalue weighted by Crippen LogP contribution is -2.38. The smallest absolute Gasteiger partial charge is 0.243 e. The van der Waals surface area contributed by atoms with Gasteiger partial charge in [0.1, 0.15) is 0 Å². The number of sulfonamides is 1. The van der Waals surface area contributed by atoms with Crippen LogP contribution in [0.4, 0.5) is 0 Å². The number of sulfone groups is 1. The molecule has 0 aliphatic carbocycles. The molecule has 1 aromatic rings. The summed E-state index contributed by atoms with van der Waals surface area (Å²) in [5.41, 5.74) is 0.897. The highest BCUT2D eigenvalue weighted by molar-refractivity contribution is 7.91. The quantitative estimate of drug-likeness (QED) is 0.867. The van der Waals surface area contributed by atoms with Crippen LogP contribution in [-0.2, 0) is 19.9 Å². The van der Waals surface area contributed by atoms with Gasteiger partial charge in [-0.3, -0.25) is 0 Å². The number of nitrogens with one attached hydrogen (secondary N) is 1. The normalized spacial score (nSPS) is 19.8. The van der Waals surface area contributed by atoms with Crippen LogP contribution in [0.2, 0.25) is 0 Å². The van der Waals surface area contributed by atoms with Gasteiger partial charge in [-0.2, -0.15) is 4.31 Å². The van der Waals surface area contributed by atoms with Crippen molar-refractivity contribution in [1.29, 1.82) is 0 Å². The van der Waals surface area contributed by atoms with E-state index in [4.69, 9.17) is 0 Å². The first-order valence-corrected chi connectivity index (χ1v) is 10.4. The Morgan fingerprint density at radius 3 is 2.23 bits per heavy atom. The number of rotatable bonds is 4. The first-order chi connectivity index (χ1) is 10.0. The second kappa shape index (κ2) is 5.92. The third-order valence-electron chi connectivity index (χ3n) is 4.06. The predicted octanol–water partition coefficient (Wildman–Crippen LogP) is 0.689. The maximum Gasteiger partial charge on any atom is 0.243 e. The minimum Gasteiger partial charge on any atom is -0.315 e. The van der Waals surface area contributed by atoms with E-state index in [1.165, 1.54) is 16.4 Å². The maximum atomic E-state index is 12.9. The van der Waals surface area contributed by atoms with E-state index in [1.807, 2.05) is 0 Å².